The first-order chi connectivity index (χ1) is 11.6. The summed E-state index contributed by atoms with van der Waals surface area (Å²) in [6.07, 6.45) is 3.28. The summed E-state index contributed by atoms with van der Waals surface area (Å²) in [5, 5.41) is 2.83. The van der Waals surface area contributed by atoms with Crippen molar-refractivity contribution in [1.82, 2.24) is 9.88 Å². The normalized spacial score (nSPS) is 17.2. The van der Waals surface area contributed by atoms with Crippen LogP contribution in [0.2, 0.25) is 0 Å². The molecule has 0 aliphatic carbocycles. The first kappa shape index (κ1) is 16.3. The van der Waals surface area contributed by atoms with Crippen molar-refractivity contribution in [2.24, 2.45) is 0 Å². The van der Waals surface area contributed by atoms with Gasteiger partial charge in [-0.25, -0.2) is 4.79 Å². The standard InChI is InChI=1S/C17H21N3O4/c1-11-8-12(9-18-16(11)21)19-17(22)20-7-3-4-14(20)15-6-5-13(24-15)10-23-2/h5-6,8-9,14H,3-4,7,10H2,1-2H3,(H,18,21)(H,19,22). The Balaban J connectivity index is 1.72. The maximum absolute atomic E-state index is 12.6. The van der Waals surface area contributed by atoms with Gasteiger partial charge in [-0.05, 0) is 38.0 Å². The number of nitrogens with one attached hydrogen (secondary N) is 2. The molecule has 1 unspecified atom stereocenters. The molecule has 0 radical (unpaired) electrons. The number of anilines is 1. The number of urea groups is 1. The number of H-pyrrole nitrogens is 1. The van der Waals surface area contributed by atoms with E-state index in [1.165, 1.54) is 6.20 Å². The molecule has 2 amide bonds. The third-order valence-corrected chi connectivity index (χ3v) is 4.15. The van der Waals surface area contributed by atoms with Crippen molar-refractivity contribution < 1.29 is 13.9 Å². The van der Waals surface area contributed by atoms with Gasteiger partial charge in [-0.3, -0.25) is 4.79 Å². The second-order valence-electron chi connectivity index (χ2n) is 5.92. The van der Waals surface area contributed by atoms with Gasteiger partial charge >= 0.3 is 6.03 Å². The number of aryl methyl sites for hydroxylation is 1. The van der Waals surface area contributed by atoms with E-state index in [4.69, 9.17) is 9.15 Å². The van der Waals surface area contributed by atoms with Crippen LogP contribution in [0.15, 0.2) is 33.6 Å². The van der Waals surface area contributed by atoms with E-state index in [9.17, 15) is 9.59 Å². The predicted octanol–water partition coefficient (Wildman–Crippen LogP) is 2.79. The third-order valence-electron chi connectivity index (χ3n) is 4.15. The summed E-state index contributed by atoms with van der Waals surface area (Å²) in [6, 6.07) is 5.15. The Labute approximate surface area is 139 Å². The van der Waals surface area contributed by atoms with Crippen LogP contribution in [0.4, 0.5) is 10.5 Å². The minimum absolute atomic E-state index is 0.0838. The van der Waals surface area contributed by atoms with Gasteiger partial charge < -0.3 is 24.4 Å². The SMILES string of the molecule is COCc1ccc(C2CCCN2C(=O)Nc2c[nH]c(=O)c(C)c2)o1. The van der Waals surface area contributed by atoms with E-state index in [-0.39, 0.29) is 17.6 Å². The molecule has 1 aliphatic rings. The van der Waals surface area contributed by atoms with Gasteiger partial charge in [0, 0.05) is 25.4 Å². The molecule has 24 heavy (non-hydrogen) atoms. The van der Waals surface area contributed by atoms with Crippen LogP contribution in [0.5, 0.6) is 0 Å². The van der Waals surface area contributed by atoms with E-state index >= 15 is 0 Å². The molecule has 128 valence electrons. The van der Waals surface area contributed by atoms with Crippen molar-refractivity contribution in [2.75, 3.05) is 19.0 Å². The summed E-state index contributed by atoms with van der Waals surface area (Å²) in [4.78, 5) is 28.4. The highest BCUT2D eigenvalue weighted by Gasteiger charge is 2.32. The quantitative estimate of drug-likeness (QED) is 0.902. The molecule has 1 fully saturated rings. The molecule has 0 bridgehead atoms. The molecule has 3 heterocycles. The number of carbonyl (C=O) groups excluding carboxylic acids is 1. The lowest BCUT2D eigenvalue weighted by atomic mass is 10.2. The van der Waals surface area contributed by atoms with Gasteiger partial charge in [0.25, 0.3) is 5.56 Å². The van der Waals surface area contributed by atoms with Crippen molar-refractivity contribution >= 4 is 11.7 Å². The Morgan fingerprint density at radius 2 is 2.33 bits per heavy atom. The second-order valence-corrected chi connectivity index (χ2v) is 5.92. The summed E-state index contributed by atoms with van der Waals surface area (Å²) < 4.78 is 10.8. The van der Waals surface area contributed by atoms with Crippen LogP contribution in [0.25, 0.3) is 0 Å². The molecule has 1 atom stereocenters. The van der Waals surface area contributed by atoms with E-state index in [2.05, 4.69) is 10.3 Å². The Hall–Kier alpha value is -2.54. The number of aromatic amines is 1. The lowest BCUT2D eigenvalue weighted by Gasteiger charge is -2.23. The number of aromatic nitrogens is 1. The zero-order chi connectivity index (χ0) is 17.1. The topological polar surface area (TPSA) is 87.6 Å². The number of likely N-dealkylation sites (tertiary alicyclic amines) is 1. The Morgan fingerprint density at radius 3 is 3.08 bits per heavy atom. The van der Waals surface area contributed by atoms with Crippen LogP contribution in [-0.2, 0) is 11.3 Å². The van der Waals surface area contributed by atoms with E-state index in [0.29, 0.717) is 24.4 Å². The monoisotopic (exact) mass is 331 g/mol. The largest absolute Gasteiger partial charge is 0.461 e. The molecule has 7 nitrogen and oxygen atoms in total. The number of methoxy groups -OCH3 is 1. The number of amides is 2. The van der Waals surface area contributed by atoms with Crippen molar-refractivity contribution in [2.45, 2.75) is 32.4 Å². The third kappa shape index (κ3) is 3.35. The summed E-state index contributed by atoms with van der Waals surface area (Å²) >= 11 is 0. The maximum Gasteiger partial charge on any atom is 0.322 e. The fourth-order valence-corrected chi connectivity index (χ4v) is 2.96. The average Bonchev–Trinajstić information content (AvgIpc) is 3.20. The number of ether oxygens (including phenoxy) is 1. The molecule has 0 aromatic carbocycles. The highest BCUT2D eigenvalue weighted by molar-refractivity contribution is 5.89. The minimum atomic E-state index is -0.200. The van der Waals surface area contributed by atoms with E-state index in [1.807, 2.05) is 12.1 Å². The number of hydrogen-bond acceptors (Lipinski definition) is 4. The first-order valence-electron chi connectivity index (χ1n) is 7.93. The van der Waals surface area contributed by atoms with Gasteiger partial charge in [-0.2, -0.15) is 0 Å². The van der Waals surface area contributed by atoms with Gasteiger partial charge in [-0.15, -0.1) is 0 Å². The minimum Gasteiger partial charge on any atom is -0.461 e. The molecular formula is C17H21N3O4. The Kier molecular flexibility index (Phi) is 4.71. The smallest absolute Gasteiger partial charge is 0.322 e. The van der Waals surface area contributed by atoms with Gasteiger partial charge in [0.15, 0.2) is 0 Å². The molecule has 0 spiro atoms. The van der Waals surface area contributed by atoms with Crippen LogP contribution < -0.4 is 10.9 Å². The fraction of sp³-hybridized carbons (Fsp3) is 0.412. The summed E-state index contributed by atoms with van der Waals surface area (Å²) in [7, 11) is 1.61. The number of hydrogen-bond donors (Lipinski definition) is 2. The van der Waals surface area contributed by atoms with Crippen molar-refractivity contribution in [3.05, 3.63) is 51.8 Å². The average molecular weight is 331 g/mol. The Bertz CT molecular complexity index is 780. The summed E-state index contributed by atoms with van der Waals surface area (Å²) in [5.74, 6) is 1.52. The number of carbonyl (C=O) groups is 1. The molecular weight excluding hydrogens is 310 g/mol. The zero-order valence-electron chi connectivity index (χ0n) is 13.8. The van der Waals surface area contributed by atoms with Gasteiger partial charge in [-0.1, -0.05) is 0 Å². The lowest BCUT2D eigenvalue weighted by Crippen LogP contribution is -2.34. The number of furan rings is 1. The van der Waals surface area contributed by atoms with Crippen LogP contribution in [0, 0.1) is 6.92 Å². The molecule has 2 aromatic heterocycles. The predicted molar refractivity (Wildman–Crippen MR) is 88.9 cm³/mol. The number of nitrogens with zero attached hydrogens (tertiary/aromatic N) is 1. The van der Waals surface area contributed by atoms with Crippen LogP contribution >= 0.6 is 0 Å². The highest BCUT2D eigenvalue weighted by Crippen LogP contribution is 2.33. The molecule has 0 saturated carbocycles. The zero-order valence-corrected chi connectivity index (χ0v) is 13.8. The molecule has 1 saturated heterocycles. The van der Waals surface area contributed by atoms with Crippen LogP contribution in [0.3, 0.4) is 0 Å². The van der Waals surface area contributed by atoms with Crippen molar-refractivity contribution in [3.8, 4) is 0 Å². The van der Waals surface area contributed by atoms with Crippen molar-refractivity contribution in [3.63, 3.8) is 0 Å². The van der Waals surface area contributed by atoms with Gasteiger partial charge in [0.2, 0.25) is 0 Å². The van der Waals surface area contributed by atoms with Crippen LogP contribution in [0.1, 0.15) is 36.0 Å². The number of pyridine rings is 1. The molecule has 2 N–H and O–H groups in total. The van der Waals surface area contributed by atoms with Crippen molar-refractivity contribution in [1.29, 1.82) is 0 Å². The summed E-state index contributed by atoms with van der Waals surface area (Å²) in [6.45, 7) is 2.78. The van der Waals surface area contributed by atoms with Gasteiger partial charge in [0.1, 0.15) is 18.1 Å². The van der Waals surface area contributed by atoms with E-state index in [1.54, 1.807) is 25.0 Å². The number of rotatable bonds is 4. The molecule has 2 aromatic rings. The summed E-state index contributed by atoms with van der Waals surface area (Å²) in [5.41, 5.74) is 0.969. The Morgan fingerprint density at radius 1 is 1.50 bits per heavy atom. The second kappa shape index (κ2) is 6.92. The first-order valence-corrected chi connectivity index (χ1v) is 7.93. The maximum atomic E-state index is 12.6. The van der Waals surface area contributed by atoms with E-state index < -0.39 is 0 Å². The lowest BCUT2D eigenvalue weighted by molar-refractivity contribution is 0.157. The van der Waals surface area contributed by atoms with E-state index in [0.717, 1.165) is 24.4 Å². The molecule has 1 aliphatic heterocycles. The van der Waals surface area contributed by atoms with Crippen LogP contribution in [-0.4, -0.2) is 29.6 Å². The highest BCUT2D eigenvalue weighted by atomic mass is 16.5. The fourth-order valence-electron chi connectivity index (χ4n) is 2.96. The molecule has 3 rings (SSSR count). The van der Waals surface area contributed by atoms with Gasteiger partial charge in [0.05, 0.1) is 11.7 Å². The molecule has 7 heteroatoms.